The number of rotatable bonds is 3. The number of hydrogen-bond donors (Lipinski definition) is 1. The fraction of sp³-hybridized carbons (Fsp3) is 0.0556. The van der Waals surface area contributed by atoms with Crippen LogP contribution >= 0.6 is 11.6 Å². The molecule has 1 N–H and O–H groups in total. The molecule has 0 aliphatic heterocycles. The van der Waals surface area contributed by atoms with E-state index < -0.39 is 11.7 Å². The second-order valence-corrected chi connectivity index (χ2v) is 5.54. The molecule has 3 aromatic rings. The van der Waals surface area contributed by atoms with Crippen LogP contribution in [-0.2, 0) is 0 Å². The number of aromatic nitrogens is 2. The molecule has 3 rings (SSSR count). The highest BCUT2D eigenvalue weighted by molar-refractivity contribution is 6.33. The molecule has 0 atom stereocenters. The zero-order chi connectivity index (χ0) is 17.1. The van der Waals surface area contributed by atoms with E-state index in [0.717, 1.165) is 11.6 Å². The quantitative estimate of drug-likeness (QED) is 0.763. The van der Waals surface area contributed by atoms with E-state index in [0.29, 0.717) is 22.8 Å². The third-order valence-electron chi connectivity index (χ3n) is 3.44. The number of anilines is 1. The van der Waals surface area contributed by atoms with Crippen molar-refractivity contribution in [2.75, 3.05) is 5.32 Å². The lowest BCUT2D eigenvalue weighted by Crippen LogP contribution is -2.15. The van der Waals surface area contributed by atoms with Gasteiger partial charge in [0.25, 0.3) is 5.91 Å². The van der Waals surface area contributed by atoms with E-state index in [1.807, 2.05) is 30.3 Å². The SMILES string of the molecule is Cc1nc(-c2ccccc2)ncc1C(=O)Nc1ccc(F)cc1Cl. The molecule has 0 radical (unpaired) electrons. The molecule has 1 aromatic heterocycles. The van der Waals surface area contributed by atoms with Gasteiger partial charge in [0, 0.05) is 11.8 Å². The summed E-state index contributed by atoms with van der Waals surface area (Å²) in [6, 6.07) is 13.3. The molecule has 4 nitrogen and oxygen atoms in total. The van der Waals surface area contributed by atoms with Crippen LogP contribution in [0, 0.1) is 12.7 Å². The largest absolute Gasteiger partial charge is 0.321 e. The number of halogens is 2. The third-order valence-corrected chi connectivity index (χ3v) is 3.75. The van der Waals surface area contributed by atoms with Crippen LogP contribution in [0.1, 0.15) is 16.1 Å². The summed E-state index contributed by atoms with van der Waals surface area (Å²) in [5.41, 5.74) is 2.07. The van der Waals surface area contributed by atoms with Crippen molar-refractivity contribution in [3.8, 4) is 11.4 Å². The van der Waals surface area contributed by atoms with Crippen LogP contribution in [0.5, 0.6) is 0 Å². The minimum absolute atomic E-state index is 0.128. The molecule has 0 bridgehead atoms. The molecule has 0 spiro atoms. The molecule has 1 heterocycles. The highest BCUT2D eigenvalue weighted by Gasteiger charge is 2.14. The third kappa shape index (κ3) is 3.41. The van der Waals surface area contributed by atoms with Gasteiger partial charge < -0.3 is 5.32 Å². The van der Waals surface area contributed by atoms with Gasteiger partial charge in [-0.25, -0.2) is 14.4 Å². The first-order chi connectivity index (χ1) is 11.5. The molecular weight excluding hydrogens is 329 g/mol. The number of carbonyl (C=O) groups excluding carboxylic acids is 1. The summed E-state index contributed by atoms with van der Waals surface area (Å²) in [4.78, 5) is 21.0. The molecule has 6 heteroatoms. The molecule has 0 saturated heterocycles. The lowest BCUT2D eigenvalue weighted by molar-refractivity contribution is 0.102. The first kappa shape index (κ1) is 16.1. The van der Waals surface area contributed by atoms with E-state index in [9.17, 15) is 9.18 Å². The van der Waals surface area contributed by atoms with Gasteiger partial charge in [0.2, 0.25) is 0 Å². The number of amides is 1. The van der Waals surface area contributed by atoms with Crippen LogP contribution in [0.4, 0.5) is 10.1 Å². The molecular formula is C18H13ClFN3O. The van der Waals surface area contributed by atoms with Gasteiger partial charge in [0.15, 0.2) is 5.82 Å². The molecule has 1 amide bonds. The van der Waals surface area contributed by atoms with Crippen molar-refractivity contribution in [2.45, 2.75) is 6.92 Å². The van der Waals surface area contributed by atoms with Crippen molar-refractivity contribution < 1.29 is 9.18 Å². The van der Waals surface area contributed by atoms with Gasteiger partial charge in [-0.3, -0.25) is 4.79 Å². The molecule has 0 aliphatic rings. The summed E-state index contributed by atoms with van der Waals surface area (Å²) in [6.45, 7) is 1.73. The number of aryl methyl sites for hydroxylation is 1. The molecule has 0 unspecified atom stereocenters. The van der Waals surface area contributed by atoms with E-state index in [4.69, 9.17) is 11.6 Å². The van der Waals surface area contributed by atoms with Crippen molar-refractivity contribution in [3.05, 3.63) is 76.8 Å². The summed E-state index contributed by atoms with van der Waals surface area (Å²) in [5, 5.41) is 2.76. The van der Waals surface area contributed by atoms with Crippen LogP contribution in [0.15, 0.2) is 54.7 Å². The number of benzene rings is 2. The normalized spacial score (nSPS) is 10.5. The average molecular weight is 342 g/mol. The second kappa shape index (κ2) is 6.76. The molecule has 0 saturated carbocycles. The van der Waals surface area contributed by atoms with E-state index in [1.165, 1.54) is 18.3 Å². The van der Waals surface area contributed by atoms with Crippen molar-refractivity contribution >= 4 is 23.2 Å². The standard InChI is InChI=1S/C18H13ClFN3O/c1-11-14(10-21-17(22-11)12-5-3-2-4-6-12)18(24)23-16-8-7-13(20)9-15(16)19/h2-10H,1H3,(H,23,24). The van der Waals surface area contributed by atoms with E-state index in [-0.39, 0.29) is 5.02 Å². The zero-order valence-corrected chi connectivity index (χ0v) is 13.5. The molecule has 0 fully saturated rings. The Morgan fingerprint density at radius 1 is 1.17 bits per heavy atom. The zero-order valence-electron chi connectivity index (χ0n) is 12.8. The summed E-state index contributed by atoms with van der Waals surface area (Å²) < 4.78 is 13.1. The Labute approximate surface area is 143 Å². The molecule has 120 valence electrons. The number of nitrogens with zero attached hydrogens (tertiary/aromatic N) is 2. The van der Waals surface area contributed by atoms with E-state index >= 15 is 0 Å². The predicted molar refractivity (Wildman–Crippen MR) is 91.6 cm³/mol. The van der Waals surface area contributed by atoms with Gasteiger partial charge in [-0.15, -0.1) is 0 Å². The van der Waals surface area contributed by atoms with Crippen LogP contribution in [0.25, 0.3) is 11.4 Å². The lowest BCUT2D eigenvalue weighted by Gasteiger charge is -2.09. The molecule has 0 aliphatic carbocycles. The van der Waals surface area contributed by atoms with Crippen molar-refractivity contribution in [3.63, 3.8) is 0 Å². The first-order valence-electron chi connectivity index (χ1n) is 7.20. The minimum Gasteiger partial charge on any atom is -0.321 e. The summed E-state index contributed by atoms with van der Waals surface area (Å²) >= 11 is 5.92. The van der Waals surface area contributed by atoms with Gasteiger partial charge in [0.05, 0.1) is 22.0 Å². The second-order valence-electron chi connectivity index (χ2n) is 5.14. The highest BCUT2D eigenvalue weighted by atomic mass is 35.5. The Morgan fingerprint density at radius 3 is 2.58 bits per heavy atom. The Bertz CT molecular complexity index is 900. The maximum atomic E-state index is 13.1. The first-order valence-corrected chi connectivity index (χ1v) is 7.58. The van der Waals surface area contributed by atoms with Crippen molar-refractivity contribution in [1.29, 1.82) is 0 Å². The Kier molecular flexibility index (Phi) is 4.53. The maximum Gasteiger partial charge on any atom is 0.259 e. The van der Waals surface area contributed by atoms with Crippen LogP contribution in [0.2, 0.25) is 5.02 Å². The van der Waals surface area contributed by atoms with Gasteiger partial charge in [-0.05, 0) is 25.1 Å². The smallest absolute Gasteiger partial charge is 0.259 e. The van der Waals surface area contributed by atoms with Gasteiger partial charge in [0.1, 0.15) is 5.82 Å². The monoisotopic (exact) mass is 341 g/mol. The fourth-order valence-electron chi connectivity index (χ4n) is 2.20. The van der Waals surface area contributed by atoms with Crippen molar-refractivity contribution in [1.82, 2.24) is 9.97 Å². The van der Waals surface area contributed by atoms with Gasteiger partial charge in [-0.1, -0.05) is 41.9 Å². The number of carbonyl (C=O) groups is 1. The predicted octanol–water partition coefficient (Wildman–Crippen LogP) is 4.50. The van der Waals surface area contributed by atoms with Crippen LogP contribution in [-0.4, -0.2) is 15.9 Å². The van der Waals surface area contributed by atoms with Crippen LogP contribution in [0.3, 0.4) is 0 Å². The number of hydrogen-bond acceptors (Lipinski definition) is 3. The Hall–Kier alpha value is -2.79. The molecule has 2 aromatic carbocycles. The summed E-state index contributed by atoms with van der Waals surface area (Å²) in [7, 11) is 0. The topological polar surface area (TPSA) is 54.9 Å². The average Bonchev–Trinajstić information content (AvgIpc) is 2.58. The lowest BCUT2D eigenvalue weighted by atomic mass is 10.2. The van der Waals surface area contributed by atoms with Crippen molar-refractivity contribution in [2.24, 2.45) is 0 Å². The van der Waals surface area contributed by atoms with E-state index in [1.54, 1.807) is 6.92 Å². The van der Waals surface area contributed by atoms with Gasteiger partial charge in [-0.2, -0.15) is 0 Å². The fourth-order valence-corrected chi connectivity index (χ4v) is 2.41. The Balaban J connectivity index is 1.85. The van der Waals surface area contributed by atoms with Crippen LogP contribution < -0.4 is 5.32 Å². The van der Waals surface area contributed by atoms with Gasteiger partial charge >= 0.3 is 0 Å². The summed E-state index contributed by atoms with van der Waals surface area (Å²) in [5.74, 6) is -0.324. The maximum absolute atomic E-state index is 13.1. The number of nitrogens with one attached hydrogen (secondary N) is 1. The van der Waals surface area contributed by atoms with E-state index in [2.05, 4.69) is 15.3 Å². The Morgan fingerprint density at radius 2 is 1.92 bits per heavy atom. The minimum atomic E-state index is -0.468. The molecule has 24 heavy (non-hydrogen) atoms. The summed E-state index contributed by atoms with van der Waals surface area (Å²) in [6.07, 6.45) is 1.47. The highest BCUT2D eigenvalue weighted by Crippen LogP contribution is 2.23.